The molecule has 2 aliphatic heterocycles. The molecule has 1 N–H and O–H groups in total. The molecule has 0 spiro atoms. The van der Waals surface area contributed by atoms with Crippen LogP contribution < -0.4 is 14.8 Å². The summed E-state index contributed by atoms with van der Waals surface area (Å²) in [5, 5.41) is 3.59. The van der Waals surface area contributed by atoms with Crippen LogP contribution >= 0.6 is 0 Å². The molecule has 0 radical (unpaired) electrons. The molecule has 0 amide bonds. The average Bonchev–Trinajstić information content (AvgIpc) is 2.69. The fourth-order valence-corrected chi connectivity index (χ4v) is 4.27. The summed E-state index contributed by atoms with van der Waals surface area (Å²) in [6, 6.07) is 9.95. The van der Waals surface area contributed by atoms with Crippen molar-refractivity contribution >= 4 is 17.2 Å². The highest BCUT2D eigenvalue weighted by Crippen LogP contribution is 2.52. The molecule has 5 heteroatoms. The maximum absolute atomic E-state index is 11.7. The summed E-state index contributed by atoms with van der Waals surface area (Å²) in [5.74, 6) is 1.06. The minimum Gasteiger partial charge on any atom is -0.496 e. The van der Waals surface area contributed by atoms with E-state index in [0.29, 0.717) is 0 Å². The summed E-state index contributed by atoms with van der Waals surface area (Å²) >= 11 is 0. The topological polar surface area (TPSA) is 56.8 Å². The van der Waals surface area contributed by atoms with Crippen LogP contribution in [0.4, 0.5) is 5.69 Å². The first-order chi connectivity index (χ1) is 13.8. The van der Waals surface area contributed by atoms with E-state index in [2.05, 4.69) is 44.3 Å². The normalized spacial score (nSPS) is 18.5. The molecule has 0 saturated heterocycles. The highest BCUT2D eigenvalue weighted by atomic mass is 16.5. The molecule has 0 aliphatic carbocycles. The number of esters is 1. The molecule has 2 aromatic carbocycles. The summed E-state index contributed by atoms with van der Waals surface area (Å²) in [5.41, 5.74) is 6.14. The Morgan fingerprint density at radius 1 is 1.17 bits per heavy atom. The third kappa shape index (κ3) is 3.27. The maximum atomic E-state index is 11.7. The molecule has 5 nitrogen and oxygen atoms in total. The monoisotopic (exact) mass is 391 g/mol. The largest absolute Gasteiger partial charge is 0.496 e. The number of rotatable bonds is 3. The minimum atomic E-state index is -0.426. The van der Waals surface area contributed by atoms with E-state index in [0.717, 1.165) is 39.4 Å². The van der Waals surface area contributed by atoms with Crippen LogP contribution in [0.25, 0.3) is 16.7 Å². The average molecular weight is 391 g/mol. The number of fused-ring (bicyclic) bond motifs is 5. The van der Waals surface area contributed by atoms with Crippen molar-refractivity contribution in [2.45, 2.75) is 32.4 Å². The lowest BCUT2D eigenvalue weighted by atomic mass is 9.81. The van der Waals surface area contributed by atoms with Gasteiger partial charge in [0.15, 0.2) is 0 Å². The van der Waals surface area contributed by atoms with Gasteiger partial charge in [-0.15, -0.1) is 0 Å². The van der Waals surface area contributed by atoms with E-state index < -0.39 is 12.1 Å². The van der Waals surface area contributed by atoms with Gasteiger partial charge in [0.05, 0.1) is 25.3 Å². The van der Waals surface area contributed by atoms with E-state index in [1.807, 2.05) is 18.2 Å². The number of carbonyl (C=O) groups is 1. The van der Waals surface area contributed by atoms with Crippen molar-refractivity contribution in [3.63, 3.8) is 0 Å². The first kappa shape index (κ1) is 19.1. The fraction of sp³-hybridized carbons (Fsp3) is 0.292. The van der Waals surface area contributed by atoms with Gasteiger partial charge in [0.1, 0.15) is 17.6 Å². The molecule has 1 atom stereocenters. The van der Waals surface area contributed by atoms with Gasteiger partial charge in [-0.05, 0) is 56.2 Å². The Kier molecular flexibility index (Phi) is 4.61. The Bertz CT molecular complexity index is 1050. The standard InChI is InChI=1S/C24H25NO4/c1-14-13-24(2,3)25-16-10-9-15-22-17(27-4)7-6-8-18(22)29-19(23(15)21(14)16)11-12-20(26)28-5/h6-13,19,25H,1-5H3/b12-11+. The van der Waals surface area contributed by atoms with Crippen LogP contribution in [0, 0.1) is 0 Å². The number of methoxy groups -OCH3 is 2. The van der Waals surface area contributed by atoms with Crippen molar-refractivity contribution in [2.24, 2.45) is 0 Å². The third-order valence-corrected chi connectivity index (χ3v) is 5.30. The van der Waals surface area contributed by atoms with Crippen LogP contribution in [0.1, 0.15) is 38.0 Å². The molecule has 150 valence electrons. The lowest BCUT2D eigenvalue weighted by Gasteiger charge is -2.36. The van der Waals surface area contributed by atoms with Gasteiger partial charge in [-0.25, -0.2) is 4.79 Å². The fourth-order valence-electron chi connectivity index (χ4n) is 4.27. The quantitative estimate of drug-likeness (QED) is 0.580. The summed E-state index contributed by atoms with van der Waals surface area (Å²) < 4.78 is 16.7. The number of nitrogens with one attached hydrogen (secondary N) is 1. The summed E-state index contributed by atoms with van der Waals surface area (Å²) in [7, 11) is 3.02. The zero-order valence-electron chi connectivity index (χ0n) is 17.3. The van der Waals surface area contributed by atoms with Crippen LogP contribution in [0.2, 0.25) is 0 Å². The second-order valence-corrected chi connectivity index (χ2v) is 7.88. The van der Waals surface area contributed by atoms with Crippen LogP contribution in [0.5, 0.6) is 11.5 Å². The van der Waals surface area contributed by atoms with Gasteiger partial charge in [-0.1, -0.05) is 18.2 Å². The van der Waals surface area contributed by atoms with Crippen LogP contribution in [0.15, 0.2) is 48.6 Å². The zero-order chi connectivity index (χ0) is 20.8. The molecule has 1 unspecified atom stereocenters. The Balaban J connectivity index is 1.98. The van der Waals surface area contributed by atoms with E-state index in [-0.39, 0.29) is 5.54 Å². The first-order valence-electron chi connectivity index (χ1n) is 9.59. The molecular formula is C24H25NO4. The SMILES string of the molecule is COC(=O)/C=C/C1Oc2cccc(OC)c2-c2ccc3c(c21)C(C)=CC(C)(C)N3. The van der Waals surface area contributed by atoms with Gasteiger partial charge in [0.2, 0.25) is 0 Å². The molecule has 2 aliphatic rings. The number of ether oxygens (including phenoxy) is 3. The second kappa shape index (κ2) is 6.99. The molecular weight excluding hydrogens is 366 g/mol. The Labute approximate surface area is 171 Å². The summed E-state index contributed by atoms with van der Waals surface area (Å²) in [6.07, 6.45) is 4.96. The van der Waals surface area contributed by atoms with E-state index >= 15 is 0 Å². The molecule has 0 fully saturated rings. The molecule has 0 aromatic heterocycles. The third-order valence-electron chi connectivity index (χ3n) is 5.30. The van der Waals surface area contributed by atoms with Gasteiger partial charge in [0, 0.05) is 22.9 Å². The maximum Gasteiger partial charge on any atom is 0.330 e. The predicted molar refractivity (Wildman–Crippen MR) is 114 cm³/mol. The van der Waals surface area contributed by atoms with E-state index in [9.17, 15) is 4.79 Å². The number of carbonyl (C=O) groups excluding carboxylic acids is 1. The lowest BCUT2D eigenvalue weighted by Crippen LogP contribution is -2.32. The minimum absolute atomic E-state index is 0.145. The zero-order valence-corrected chi connectivity index (χ0v) is 17.3. The van der Waals surface area contributed by atoms with Crippen molar-refractivity contribution in [3.05, 3.63) is 59.7 Å². The smallest absolute Gasteiger partial charge is 0.330 e. The van der Waals surface area contributed by atoms with Gasteiger partial charge >= 0.3 is 5.97 Å². The van der Waals surface area contributed by atoms with Gasteiger partial charge in [-0.2, -0.15) is 0 Å². The number of hydrogen-bond donors (Lipinski definition) is 1. The van der Waals surface area contributed by atoms with E-state index in [4.69, 9.17) is 14.2 Å². The highest BCUT2D eigenvalue weighted by Gasteiger charge is 2.34. The van der Waals surface area contributed by atoms with Gasteiger partial charge < -0.3 is 19.5 Å². The highest BCUT2D eigenvalue weighted by molar-refractivity contribution is 5.92. The predicted octanol–water partition coefficient (Wildman–Crippen LogP) is 5.13. The Hall–Kier alpha value is -3.21. The van der Waals surface area contributed by atoms with Crippen molar-refractivity contribution in [1.82, 2.24) is 0 Å². The number of allylic oxidation sites excluding steroid dienone is 1. The Morgan fingerprint density at radius 3 is 2.69 bits per heavy atom. The van der Waals surface area contributed by atoms with Crippen molar-refractivity contribution < 1.29 is 19.0 Å². The van der Waals surface area contributed by atoms with Crippen molar-refractivity contribution in [2.75, 3.05) is 19.5 Å². The molecule has 0 saturated carbocycles. The Morgan fingerprint density at radius 2 is 1.97 bits per heavy atom. The van der Waals surface area contributed by atoms with E-state index in [1.165, 1.54) is 18.8 Å². The first-order valence-corrected chi connectivity index (χ1v) is 9.59. The summed E-state index contributed by atoms with van der Waals surface area (Å²) in [6.45, 7) is 6.39. The lowest BCUT2D eigenvalue weighted by molar-refractivity contribution is -0.134. The molecule has 4 rings (SSSR count). The van der Waals surface area contributed by atoms with E-state index in [1.54, 1.807) is 13.2 Å². The molecule has 29 heavy (non-hydrogen) atoms. The molecule has 2 aromatic rings. The van der Waals surface area contributed by atoms with Crippen molar-refractivity contribution in [1.29, 1.82) is 0 Å². The van der Waals surface area contributed by atoms with Crippen molar-refractivity contribution in [3.8, 4) is 22.6 Å². The van der Waals surface area contributed by atoms with Crippen LogP contribution in [-0.4, -0.2) is 25.7 Å². The molecule has 0 bridgehead atoms. The van der Waals surface area contributed by atoms with Crippen LogP contribution in [-0.2, 0) is 9.53 Å². The number of hydrogen-bond acceptors (Lipinski definition) is 5. The summed E-state index contributed by atoms with van der Waals surface area (Å²) in [4.78, 5) is 11.7. The van der Waals surface area contributed by atoms with Gasteiger partial charge in [0.25, 0.3) is 0 Å². The number of anilines is 1. The molecule has 2 heterocycles. The van der Waals surface area contributed by atoms with Gasteiger partial charge in [-0.3, -0.25) is 0 Å². The second-order valence-electron chi connectivity index (χ2n) is 7.88. The van der Waals surface area contributed by atoms with Crippen LogP contribution in [0.3, 0.4) is 0 Å². The number of benzene rings is 2.